The van der Waals surface area contributed by atoms with Gasteiger partial charge in [-0.15, -0.1) is 0 Å². The summed E-state index contributed by atoms with van der Waals surface area (Å²) in [5, 5.41) is 7.36. The molecule has 116 valence electrons. The third-order valence-corrected chi connectivity index (χ3v) is 4.50. The standard InChI is InChI=1S/C17H27N3S/c1-13-11-15(3)16(12-14(13)2)19-17(21)18-7-10-20-8-5-4-6-9-20/h11-12H,4-10H2,1-3H3,(H2,18,19,21). The first-order chi connectivity index (χ1) is 10.1. The Bertz CT molecular complexity index is 493. The number of piperidine rings is 1. The van der Waals surface area contributed by atoms with E-state index in [1.54, 1.807) is 0 Å². The Labute approximate surface area is 134 Å². The first-order valence-corrected chi connectivity index (χ1v) is 8.32. The number of nitrogens with zero attached hydrogens (tertiary/aromatic N) is 1. The average molecular weight is 305 g/mol. The summed E-state index contributed by atoms with van der Waals surface area (Å²) in [5.74, 6) is 0. The van der Waals surface area contributed by atoms with Gasteiger partial charge in [0.15, 0.2) is 5.11 Å². The molecule has 1 fully saturated rings. The monoisotopic (exact) mass is 305 g/mol. The largest absolute Gasteiger partial charge is 0.361 e. The number of aryl methyl sites for hydroxylation is 3. The van der Waals surface area contributed by atoms with Crippen LogP contribution in [0, 0.1) is 20.8 Å². The number of rotatable bonds is 4. The van der Waals surface area contributed by atoms with Crippen molar-refractivity contribution in [2.75, 3.05) is 31.5 Å². The van der Waals surface area contributed by atoms with Crippen LogP contribution in [-0.4, -0.2) is 36.2 Å². The minimum Gasteiger partial charge on any atom is -0.361 e. The van der Waals surface area contributed by atoms with Crippen LogP contribution in [0.2, 0.25) is 0 Å². The maximum atomic E-state index is 5.40. The predicted octanol–water partition coefficient (Wildman–Crippen LogP) is 3.38. The van der Waals surface area contributed by atoms with Gasteiger partial charge in [0.1, 0.15) is 0 Å². The van der Waals surface area contributed by atoms with Crippen LogP contribution >= 0.6 is 12.2 Å². The zero-order valence-electron chi connectivity index (χ0n) is 13.5. The lowest BCUT2D eigenvalue weighted by atomic mass is 10.1. The van der Waals surface area contributed by atoms with E-state index in [9.17, 15) is 0 Å². The van der Waals surface area contributed by atoms with Crippen molar-refractivity contribution in [2.24, 2.45) is 0 Å². The number of hydrogen-bond donors (Lipinski definition) is 2. The molecule has 1 aliphatic rings. The molecule has 0 amide bonds. The molecule has 0 radical (unpaired) electrons. The van der Waals surface area contributed by atoms with Gasteiger partial charge in [-0.2, -0.15) is 0 Å². The Morgan fingerprint density at radius 2 is 1.71 bits per heavy atom. The van der Waals surface area contributed by atoms with Crippen LogP contribution in [-0.2, 0) is 0 Å². The molecule has 2 N–H and O–H groups in total. The van der Waals surface area contributed by atoms with Crippen LogP contribution in [0.15, 0.2) is 12.1 Å². The van der Waals surface area contributed by atoms with Crippen molar-refractivity contribution < 1.29 is 0 Å². The molecule has 21 heavy (non-hydrogen) atoms. The number of hydrogen-bond acceptors (Lipinski definition) is 2. The predicted molar refractivity (Wildman–Crippen MR) is 95.2 cm³/mol. The van der Waals surface area contributed by atoms with Gasteiger partial charge in [-0.3, -0.25) is 0 Å². The highest BCUT2D eigenvalue weighted by molar-refractivity contribution is 7.80. The maximum absolute atomic E-state index is 5.40. The zero-order valence-corrected chi connectivity index (χ0v) is 14.3. The quantitative estimate of drug-likeness (QED) is 0.834. The fourth-order valence-electron chi connectivity index (χ4n) is 2.77. The van der Waals surface area contributed by atoms with Crippen LogP contribution in [0.4, 0.5) is 5.69 Å². The molecule has 4 heteroatoms. The highest BCUT2D eigenvalue weighted by Crippen LogP contribution is 2.19. The van der Waals surface area contributed by atoms with E-state index in [-0.39, 0.29) is 0 Å². The first kappa shape index (κ1) is 16.2. The average Bonchev–Trinajstić information content (AvgIpc) is 2.46. The second-order valence-corrected chi connectivity index (χ2v) is 6.44. The van der Waals surface area contributed by atoms with E-state index in [0.29, 0.717) is 0 Å². The van der Waals surface area contributed by atoms with Gasteiger partial charge in [0.2, 0.25) is 0 Å². The number of nitrogens with one attached hydrogen (secondary N) is 2. The summed E-state index contributed by atoms with van der Waals surface area (Å²) < 4.78 is 0. The summed E-state index contributed by atoms with van der Waals surface area (Å²) in [6.07, 6.45) is 4.06. The summed E-state index contributed by atoms with van der Waals surface area (Å²) >= 11 is 5.40. The van der Waals surface area contributed by atoms with Crippen LogP contribution in [0.1, 0.15) is 36.0 Å². The molecule has 1 aliphatic heterocycles. The summed E-state index contributed by atoms with van der Waals surface area (Å²) in [6.45, 7) is 10.8. The third kappa shape index (κ3) is 4.97. The first-order valence-electron chi connectivity index (χ1n) is 7.91. The van der Waals surface area contributed by atoms with E-state index >= 15 is 0 Å². The van der Waals surface area contributed by atoms with Crippen molar-refractivity contribution in [3.05, 3.63) is 28.8 Å². The minimum atomic E-state index is 0.721. The van der Waals surface area contributed by atoms with Crippen LogP contribution in [0.3, 0.4) is 0 Å². The Morgan fingerprint density at radius 3 is 2.43 bits per heavy atom. The Balaban J connectivity index is 1.77. The van der Waals surface area contributed by atoms with E-state index in [0.717, 1.165) is 23.9 Å². The summed E-state index contributed by atoms with van der Waals surface area (Å²) in [7, 11) is 0. The van der Waals surface area contributed by atoms with E-state index < -0.39 is 0 Å². The van der Waals surface area contributed by atoms with Crippen LogP contribution in [0.5, 0.6) is 0 Å². The molecular formula is C17H27N3S. The fraction of sp³-hybridized carbons (Fsp3) is 0.588. The number of anilines is 1. The molecule has 0 bridgehead atoms. The normalized spacial score (nSPS) is 15.8. The van der Waals surface area contributed by atoms with E-state index in [1.165, 1.54) is 49.0 Å². The Kier molecular flexibility index (Phi) is 6.00. The topological polar surface area (TPSA) is 27.3 Å². The molecular weight excluding hydrogens is 278 g/mol. The van der Waals surface area contributed by atoms with E-state index in [1.807, 2.05) is 0 Å². The molecule has 0 aromatic heterocycles. The van der Waals surface area contributed by atoms with Crippen molar-refractivity contribution >= 4 is 23.0 Å². The lowest BCUT2D eigenvalue weighted by Gasteiger charge is -2.26. The number of likely N-dealkylation sites (tertiary alicyclic amines) is 1. The smallest absolute Gasteiger partial charge is 0.170 e. The van der Waals surface area contributed by atoms with Crippen LogP contribution < -0.4 is 10.6 Å². The molecule has 0 unspecified atom stereocenters. The van der Waals surface area contributed by atoms with Gasteiger partial charge in [-0.25, -0.2) is 0 Å². The van der Waals surface area contributed by atoms with Gasteiger partial charge >= 0.3 is 0 Å². The fourth-order valence-corrected chi connectivity index (χ4v) is 2.98. The highest BCUT2D eigenvalue weighted by atomic mass is 32.1. The zero-order chi connectivity index (χ0) is 15.2. The molecule has 1 aromatic rings. The maximum Gasteiger partial charge on any atom is 0.170 e. The molecule has 2 rings (SSSR count). The van der Waals surface area contributed by atoms with Gasteiger partial charge in [-0.05, 0) is 81.7 Å². The van der Waals surface area contributed by atoms with Crippen molar-refractivity contribution in [1.82, 2.24) is 10.2 Å². The van der Waals surface area contributed by atoms with E-state index in [2.05, 4.69) is 48.4 Å². The number of benzene rings is 1. The van der Waals surface area contributed by atoms with Gasteiger partial charge in [0.25, 0.3) is 0 Å². The van der Waals surface area contributed by atoms with Gasteiger partial charge in [-0.1, -0.05) is 12.5 Å². The molecule has 0 atom stereocenters. The van der Waals surface area contributed by atoms with E-state index in [4.69, 9.17) is 12.2 Å². The second-order valence-electron chi connectivity index (χ2n) is 6.03. The van der Waals surface area contributed by atoms with Crippen molar-refractivity contribution in [3.8, 4) is 0 Å². The van der Waals surface area contributed by atoms with Crippen molar-refractivity contribution in [2.45, 2.75) is 40.0 Å². The third-order valence-electron chi connectivity index (χ3n) is 4.25. The molecule has 0 spiro atoms. The van der Waals surface area contributed by atoms with Crippen molar-refractivity contribution in [3.63, 3.8) is 0 Å². The van der Waals surface area contributed by atoms with Crippen molar-refractivity contribution in [1.29, 1.82) is 0 Å². The number of thiocarbonyl (C=S) groups is 1. The van der Waals surface area contributed by atoms with Gasteiger partial charge < -0.3 is 15.5 Å². The summed E-state index contributed by atoms with van der Waals surface area (Å²) in [6, 6.07) is 4.37. The lowest BCUT2D eigenvalue weighted by molar-refractivity contribution is 0.232. The highest BCUT2D eigenvalue weighted by Gasteiger charge is 2.09. The van der Waals surface area contributed by atoms with Crippen LogP contribution in [0.25, 0.3) is 0 Å². The molecule has 0 saturated carbocycles. The minimum absolute atomic E-state index is 0.721. The summed E-state index contributed by atoms with van der Waals surface area (Å²) in [5.41, 5.74) is 4.95. The second kappa shape index (κ2) is 7.76. The Morgan fingerprint density at radius 1 is 1.05 bits per heavy atom. The Hall–Kier alpha value is -1.13. The van der Waals surface area contributed by atoms with Gasteiger partial charge in [0.05, 0.1) is 0 Å². The summed E-state index contributed by atoms with van der Waals surface area (Å²) in [4.78, 5) is 2.51. The lowest BCUT2D eigenvalue weighted by Crippen LogP contribution is -2.39. The molecule has 0 aliphatic carbocycles. The SMILES string of the molecule is Cc1cc(C)c(NC(=S)NCCN2CCCCC2)cc1C. The molecule has 1 aromatic carbocycles. The van der Waals surface area contributed by atoms with Gasteiger partial charge in [0, 0.05) is 18.8 Å². The molecule has 3 nitrogen and oxygen atoms in total. The molecule has 1 saturated heterocycles. The molecule has 1 heterocycles.